The fraction of sp³-hybridized carbons (Fsp3) is 0.429. The van der Waals surface area contributed by atoms with Crippen molar-refractivity contribution in [2.45, 2.75) is 37.6 Å². The Kier molecular flexibility index (Phi) is 4.21. The summed E-state index contributed by atoms with van der Waals surface area (Å²) in [6.07, 6.45) is 3.85. The van der Waals surface area contributed by atoms with Crippen LogP contribution in [0.5, 0.6) is 11.5 Å². The van der Waals surface area contributed by atoms with Crippen LogP contribution in [-0.2, 0) is 0 Å². The van der Waals surface area contributed by atoms with Gasteiger partial charge in [0.15, 0.2) is 5.84 Å². The standard InChI is InChI=1S/C14H19N3O4/c15-13(17-21)14(6-2-1-3-7-14)16-12(20)10-8-9(18)4-5-11(10)19/h4-5,8,18-19,21H,1-3,6-7H2,(H2,15,17)(H,16,20). The number of amides is 1. The quantitative estimate of drug-likeness (QED) is 0.188. The molecular formula is C14H19N3O4. The van der Waals surface area contributed by atoms with Crippen LogP contribution in [0.2, 0.25) is 0 Å². The van der Waals surface area contributed by atoms with Crippen LogP contribution in [0.1, 0.15) is 42.5 Å². The van der Waals surface area contributed by atoms with Gasteiger partial charge in [0, 0.05) is 0 Å². The Balaban J connectivity index is 2.28. The third-order valence-corrected chi connectivity index (χ3v) is 3.88. The van der Waals surface area contributed by atoms with Crippen molar-refractivity contribution < 1.29 is 20.2 Å². The van der Waals surface area contributed by atoms with E-state index < -0.39 is 11.4 Å². The maximum absolute atomic E-state index is 12.3. The molecule has 0 aromatic heterocycles. The Labute approximate surface area is 122 Å². The Morgan fingerprint density at radius 3 is 2.52 bits per heavy atom. The van der Waals surface area contributed by atoms with E-state index in [1.807, 2.05) is 0 Å². The summed E-state index contributed by atoms with van der Waals surface area (Å²) in [6, 6.07) is 3.70. The first-order valence-electron chi connectivity index (χ1n) is 6.81. The minimum absolute atomic E-state index is 0.0461. The maximum Gasteiger partial charge on any atom is 0.255 e. The number of hydrogen-bond acceptors (Lipinski definition) is 5. The molecule has 0 unspecified atom stereocenters. The van der Waals surface area contributed by atoms with Gasteiger partial charge in [0.25, 0.3) is 5.91 Å². The zero-order valence-corrected chi connectivity index (χ0v) is 11.5. The lowest BCUT2D eigenvalue weighted by Gasteiger charge is -2.36. The lowest BCUT2D eigenvalue weighted by molar-refractivity contribution is 0.0902. The Bertz CT molecular complexity index is 565. The van der Waals surface area contributed by atoms with Gasteiger partial charge in [-0.3, -0.25) is 4.79 Å². The summed E-state index contributed by atoms with van der Waals surface area (Å²) >= 11 is 0. The highest BCUT2D eigenvalue weighted by molar-refractivity contribution is 6.02. The van der Waals surface area contributed by atoms with E-state index in [2.05, 4.69) is 10.5 Å². The monoisotopic (exact) mass is 293 g/mol. The predicted octanol–water partition coefficient (Wildman–Crippen LogP) is 1.28. The molecule has 0 heterocycles. The van der Waals surface area contributed by atoms with Crippen LogP contribution in [0.4, 0.5) is 0 Å². The van der Waals surface area contributed by atoms with Crippen molar-refractivity contribution in [2.24, 2.45) is 10.9 Å². The number of phenols is 2. The third-order valence-electron chi connectivity index (χ3n) is 3.88. The van der Waals surface area contributed by atoms with Gasteiger partial charge in [-0.1, -0.05) is 24.4 Å². The molecule has 7 nitrogen and oxygen atoms in total. The average Bonchev–Trinajstić information content (AvgIpc) is 2.49. The summed E-state index contributed by atoms with van der Waals surface area (Å²) in [6.45, 7) is 0. The average molecular weight is 293 g/mol. The molecule has 6 N–H and O–H groups in total. The third kappa shape index (κ3) is 3.01. The Morgan fingerprint density at radius 1 is 1.24 bits per heavy atom. The molecule has 1 saturated carbocycles. The highest BCUT2D eigenvalue weighted by Gasteiger charge is 2.38. The van der Waals surface area contributed by atoms with Gasteiger partial charge >= 0.3 is 0 Å². The van der Waals surface area contributed by atoms with E-state index in [1.54, 1.807) is 0 Å². The first-order chi connectivity index (χ1) is 9.98. The topological polar surface area (TPSA) is 128 Å². The van der Waals surface area contributed by atoms with Gasteiger partial charge in [-0.25, -0.2) is 0 Å². The molecule has 1 aliphatic carbocycles. The SMILES string of the molecule is N/C(=N/O)C1(NC(=O)c2cc(O)ccc2O)CCCCC1. The summed E-state index contributed by atoms with van der Waals surface area (Å²) < 4.78 is 0. The van der Waals surface area contributed by atoms with Crippen LogP contribution < -0.4 is 11.1 Å². The molecule has 1 aromatic rings. The lowest BCUT2D eigenvalue weighted by atomic mass is 9.80. The summed E-state index contributed by atoms with van der Waals surface area (Å²) in [5, 5.41) is 33.9. The Morgan fingerprint density at radius 2 is 1.90 bits per heavy atom. The largest absolute Gasteiger partial charge is 0.508 e. The van der Waals surface area contributed by atoms with Crippen molar-refractivity contribution in [2.75, 3.05) is 0 Å². The molecule has 0 radical (unpaired) electrons. The summed E-state index contributed by atoms with van der Waals surface area (Å²) in [5.74, 6) is -0.984. The molecule has 21 heavy (non-hydrogen) atoms. The number of oxime groups is 1. The zero-order valence-electron chi connectivity index (χ0n) is 11.5. The second-order valence-corrected chi connectivity index (χ2v) is 5.28. The van der Waals surface area contributed by atoms with Crippen molar-refractivity contribution in [1.29, 1.82) is 0 Å². The van der Waals surface area contributed by atoms with Crippen LogP contribution in [0.15, 0.2) is 23.4 Å². The second-order valence-electron chi connectivity index (χ2n) is 5.28. The van der Waals surface area contributed by atoms with E-state index in [4.69, 9.17) is 10.9 Å². The number of benzene rings is 1. The normalized spacial score (nSPS) is 18.2. The molecule has 7 heteroatoms. The summed E-state index contributed by atoms with van der Waals surface area (Å²) in [5.41, 5.74) is 4.79. The van der Waals surface area contributed by atoms with E-state index in [0.29, 0.717) is 12.8 Å². The summed E-state index contributed by atoms with van der Waals surface area (Å²) in [7, 11) is 0. The number of nitrogens with two attached hydrogens (primary N) is 1. The summed E-state index contributed by atoms with van der Waals surface area (Å²) in [4.78, 5) is 12.3. The number of nitrogens with zero attached hydrogens (tertiary/aromatic N) is 1. The van der Waals surface area contributed by atoms with Gasteiger partial charge in [0.05, 0.1) is 5.56 Å². The number of carbonyl (C=O) groups is 1. The number of hydrogen-bond donors (Lipinski definition) is 5. The van der Waals surface area contributed by atoms with Gasteiger partial charge in [0.2, 0.25) is 0 Å². The van der Waals surface area contributed by atoms with Crippen LogP contribution >= 0.6 is 0 Å². The van der Waals surface area contributed by atoms with Crippen molar-refractivity contribution in [3.8, 4) is 11.5 Å². The molecule has 1 fully saturated rings. The highest BCUT2D eigenvalue weighted by Crippen LogP contribution is 2.30. The van der Waals surface area contributed by atoms with Gasteiger partial charge in [0.1, 0.15) is 17.0 Å². The molecule has 1 amide bonds. The zero-order chi connectivity index (χ0) is 15.5. The second kappa shape index (κ2) is 5.90. The number of phenolic OH excluding ortho intramolecular Hbond substituents is 2. The Hall–Kier alpha value is -2.44. The molecule has 0 aliphatic heterocycles. The number of nitrogens with one attached hydrogen (secondary N) is 1. The lowest BCUT2D eigenvalue weighted by Crippen LogP contribution is -2.58. The number of carbonyl (C=O) groups excluding carboxylic acids is 1. The van der Waals surface area contributed by atoms with Crippen LogP contribution in [0.25, 0.3) is 0 Å². The minimum atomic E-state index is -0.915. The van der Waals surface area contributed by atoms with E-state index in [1.165, 1.54) is 18.2 Å². The van der Waals surface area contributed by atoms with Gasteiger partial charge in [-0.05, 0) is 31.0 Å². The highest BCUT2D eigenvalue weighted by atomic mass is 16.4. The van der Waals surface area contributed by atoms with Crippen molar-refractivity contribution in [3.63, 3.8) is 0 Å². The first kappa shape index (κ1) is 15.0. The van der Waals surface area contributed by atoms with Crippen molar-refractivity contribution >= 4 is 11.7 Å². The van der Waals surface area contributed by atoms with Crippen molar-refractivity contribution in [3.05, 3.63) is 23.8 Å². The fourth-order valence-corrected chi connectivity index (χ4v) is 2.69. The fourth-order valence-electron chi connectivity index (χ4n) is 2.69. The van der Waals surface area contributed by atoms with Crippen LogP contribution in [0.3, 0.4) is 0 Å². The van der Waals surface area contributed by atoms with Crippen LogP contribution in [0, 0.1) is 0 Å². The maximum atomic E-state index is 12.3. The minimum Gasteiger partial charge on any atom is -0.508 e. The van der Waals surface area contributed by atoms with E-state index in [0.717, 1.165) is 19.3 Å². The van der Waals surface area contributed by atoms with Gasteiger partial charge < -0.3 is 26.5 Å². The van der Waals surface area contributed by atoms with Gasteiger partial charge in [-0.15, -0.1) is 0 Å². The van der Waals surface area contributed by atoms with Crippen LogP contribution in [-0.4, -0.2) is 32.7 Å². The molecule has 0 atom stereocenters. The molecule has 2 rings (SSSR count). The molecular weight excluding hydrogens is 274 g/mol. The predicted molar refractivity (Wildman–Crippen MR) is 76.5 cm³/mol. The molecule has 1 aromatic carbocycles. The molecule has 114 valence electrons. The molecule has 0 spiro atoms. The molecule has 0 bridgehead atoms. The molecule has 0 saturated heterocycles. The number of aromatic hydroxyl groups is 2. The van der Waals surface area contributed by atoms with Crippen molar-refractivity contribution in [1.82, 2.24) is 5.32 Å². The van der Waals surface area contributed by atoms with E-state index in [9.17, 15) is 15.0 Å². The van der Waals surface area contributed by atoms with E-state index in [-0.39, 0.29) is 22.9 Å². The number of rotatable bonds is 3. The smallest absolute Gasteiger partial charge is 0.255 e. The van der Waals surface area contributed by atoms with E-state index >= 15 is 0 Å². The molecule has 1 aliphatic rings. The number of amidine groups is 1. The first-order valence-corrected chi connectivity index (χ1v) is 6.81. The van der Waals surface area contributed by atoms with Gasteiger partial charge in [-0.2, -0.15) is 0 Å².